The van der Waals surface area contributed by atoms with E-state index in [2.05, 4.69) is 20.2 Å². The molecule has 1 aliphatic heterocycles. The van der Waals surface area contributed by atoms with Gasteiger partial charge in [-0.1, -0.05) is 0 Å². The van der Waals surface area contributed by atoms with Gasteiger partial charge in [0.2, 0.25) is 0 Å². The minimum Gasteiger partial charge on any atom is -0.369 e. The molecule has 1 aromatic heterocycles. The van der Waals surface area contributed by atoms with Crippen LogP contribution in [0.2, 0.25) is 0 Å². The normalized spacial score (nSPS) is 15.4. The van der Waals surface area contributed by atoms with Crippen molar-refractivity contribution < 1.29 is 4.39 Å². The Labute approximate surface area is 116 Å². The number of hydrogen-bond acceptors (Lipinski definition) is 4. The summed E-state index contributed by atoms with van der Waals surface area (Å²) in [6, 6.07) is 3.44. The van der Waals surface area contributed by atoms with Crippen molar-refractivity contribution in [2.45, 2.75) is 19.8 Å². The topological polar surface area (TPSA) is 46.3 Å². The van der Waals surface area contributed by atoms with Crippen molar-refractivity contribution in [3.8, 4) is 0 Å². The van der Waals surface area contributed by atoms with E-state index in [9.17, 15) is 4.39 Å². The fraction of sp³-hybridized carbons (Fsp3) is 0.357. The second-order valence-corrected chi connectivity index (χ2v) is 4.94. The van der Waals surface area contributed by atoms with Crippen LogP contribution in [0.25, 0.3) is 0 Å². The van der Waals surface area contributed by atoms with Crippen molar-refractivity contribution in [1.82, 2.24) is 14.9 Å². The van der Waals surface area contributed by atoms with Crippen molar-refractivity contribution in [3.63, 3.8) is 0 Å². The molecule has 0 atom stereocenters. The minimum atomic E-state index is -0.192. The summed E-state index contributed by atoms with van der Waals surface area (Å²) in [6.07, 6.45) is 6.86. The zero-order chi connectivity index (χ0) is 13.9. The molecule has 0 radical (unpaired) electrons. The number of aryl methyl sites for hydroxylation is 1. The number of anilines is 1. The van der Waals surface area contributed by atoms with Gasteiger partial charge < -0.3 is 4.90 Å². The predicted molar refractivity (Wildman–Crippen MR) is 75.6 cm³/mol. The molecule has 0 bridgehead atoms. The minimum absolute atomic E-state index is 0.192. The molecule has 3 rings (SSSR count). The number of rotatable bonds is 3. The fourth-order valence-electron chi connectivity index (χ4n) is 2.40. The van der Waals surface area contributed by atoms with Crippen LogP contribution >= 0.6 is 0 Å². The molecule has 104 valence electrons. The van der Waals surface area contributed by atoms with Crippen molar-refractivity contribution in [1.29, 1.82) is 0 Å². The van der Waals surface area contributed by atoms with E-state index in [1.54, 1.807) is 6.21 Å². The lowest BCUT2D eigenvalue weighted by Crippen LogP contribution is -2.19. The Morgan fingerprint density at radius 2 is 1.90 bits per heavy atom. The maximum Gasteiger partial charge on any atom is 0.147 e. The smallest absolute Gasteiger partial charge is 0.147 e. The molecular formula is C14H16FN5. The first-order chi connectivity index (χ1) is 9.74. The summed E-state index contributed by atoms with van der Waals surface area (Å²) >= 11 is 0. The van der Waals surface area contributed by atoms with Crippen LogP contribution in [0.5, 0.6) is 0 Å². The van der Waals surface area contributed by atoms with E-state index in [1.165, 1.54) is 23.4 Å². The second-order valence-electron chi connectivity index (χ2n) is 4.94. The molecule has 0 saturated carbocycles. The van der Waals surface area contributed by atoms with Crippen LogP contribution in [0.15, 0.2) is 29.9 Å². The molecule has 2 heterocycles. The largest absolute Gasteiger partial charge is 0.369 e. The van der Waals surface area contributed by atoms with E-state index in [4.69, 9.17) is 0 Å². The van der Waals surface area contributed by atoms with Gasteiger partial charge in [0.15, 0.2) is 0 Å². The lowest BCUT2D eigenvalue weighted by Gasteiger charge is -2.19. The van der Waals surface area contributed by atoms with E-state index < -0.39 is 0 Å². The lowest BCUT2D eigenvalue weighted by atomic mass is 10.1. The molecule has 1 aromatic carbocycles. The van der Waals surface area contributed by atoms with E-state index in [-0.39, 0.29) is 5.82 Å². The van der Waals surface area contributed by atoms with Gasteiger partial charge in [-0.25, -0.2) is 9.07 Å². The Morgan fingerprint density at radius 3 is 2.60 bits per heavy atom. The van der Waals surface area contributed by atoms with Gasteiger partial charge in [-0.15, -0.1) is 10.2 Å². The van der Waals surface area contributed by atoms with Crippen LogP contribution in [0.1, 0.15) is 24.0 Å². The molecule has 20 heavy (non-hydrogen) atoms. The number of hydrogen-bond donors (Lipinski definition) is 0. The molecule has 0 amide bonds. The number of halogens is 1. The van der Waals surface area contributed by atoms with Gasteiger partial charge >= 0.3 is 0 Å². The summed E-state index contributed by atoms with van der Waals surface area (Å²) in [7, 11) is 0. The van der Waals surface area contributed by atoms with Crippen molar-refractivity contribution in [2.24, 2.45) is 5.10 Å². The summed E-state index contributed by atoms with van der Waals surface area (Å²) in [4.78, 5) is 2.10. The van der Waals surface area contributed by atoms with Gasteiger partial charge in [0.05, 0.1) is 11.9 Å². The van der Waals surface area contributed by atoms with Gasteiger partial charge in [0, 0.05) is 18.7 Å². The summed E-state index contributed by atoms with van der Waals surface area (Å²) in [6.45, 7) is 3.83. The zero-order valence-corrected chi connectivity index (χ0v) is 11.3. The fourth-order valence-corrected chi connectivity index (χ4v) is 2.40. The quantitative estimate of drug-likeness (QED) is 0.805. The predicted octanol–water partition coefficient (Wildman–Crippen LogP) is 2.21. The SMILES string of the molecule is Cc1cc(N2CCCC2)c(F)cc1/C=N\n1cnnc1. The lowest BCUT2D eigenvalue weighted by molar-refractivity contribution is 0.622. The van der Waals surface area contributed by atoms with E-state index in [0.29, 0.717) is 5.69 Å². The average Bonchev–Trinajstić information content (AvgIpc) is 3.11. The maximum atomic E-state index is 14.2. The third-order valence-corrected chi connectivity index (χ3v) is 3.52. The molecule has 5 nitrogen and oxygen atoms in total. The third-order valence-electron chi connectivity index (χ3n) is 3.52. The van der Waals surface area contributed by atoms with Crippen molar-refractivity contribution >= 4 is 11.9 Å². The van der Waals surface area contributed by atoms with Gasteiger partial charge in [-0.3, -0.25) is 0 Å². The molecule has 2 aromatic rings. The Kier molecular flexibility index (Phi) is 3.45. The van der Waals surface area contributed by atoms with Crippen molar-refractivity contribution in [2.75, 3.05) is 18.0 Å². The second kappa shape index (κ2) is 5.40. The van der Waals surface area contributed by atoms with E-state index in [1.807, 2.05) is 13.0 Å². The van der Waals surface area contributed by atoms with Gasteiger partial charge in [-0.2, -0.15) is 5.10 Å². The molecule has 0 aliphatic carbocycles. The summed E-state index contributed by atoms with van der Waals surface area (Å²) in [5, 5.41) is 11.5. The molecule has 1 aliphatic rings. The summed E-state index contributed by atoms with van der Waals surface area (Å²) < 4.78 is 15.7. The van der Waals surface area contributed by atoms with Crippen LogP contribution in [0, 0.1) is 12.7 Å². The van der Waals surface area contributed by atoms with Crippen molar-refractivity contribution in [3.05, 3.63) is 41.7 Å². The van der Waals surface area contributed by atoms with E-state index in [0.717, 1.165) is 37.1 Å². The molecule has 0 spiro atoms. The van der Waals surface area contributed by atoms with Crippen LogP contribution in [-0.2, 0) is 0 Å². The Hall–Kier alpha value is -2.24. The number of nitrogens with zero attached hydrogens (tertiary/aromatic N) is 5. The number of aromatic nitrogens is 3. The Balaban J connectivity index is 1.87. The highest BCUT2D eigenvalue weighted by Crippen LogP contribution is 2.26. The summed E-state index contributed by atoms with van der Waals surface area (Å²) in [5.74, 6) is -0.192. The zero-order valence-electron chi connectivity index (χ0n) is 11.3. The Bertz CT molecular complexity index is 615. The molecule has 0 N–H and O–H groups in total. The average molecular weight is 273 g/mol. The monoisotopic (exact) mass is 273 g/mol. The molecular weight excluding hydrogens is 257 g/mol. The van der Waals surface area contributed by atoms with Crippen LogP contribution in [0.4, 0.5) is 10.1 Å². The Morgan fingerprint density at radius 1 is 1.20 bits per heavy atom. The number of benzene rings is 1. The first-order valence-corrected chi connectivity index (χ1v) is 6.68. The highest BCUT2D eigenvalue weighted by atomic mass is 19.1. The van der Waals surface area contributed by atoms with Crippen LogP contribution < -0.4 is 4.90 Å². The van der Waals surface area contributed by atoms with Gasteiger partial charge in [0.25, 0.3) is 0 Å². The molecule has 1 saturated heterocycles. The van der Waals surface area contributed by atoms with Crippen LogP contribution in [-0.4, -0.2) is 34.2 Å². The first kappa shape index (κ1) is 12.8. The highest BCUT2D eigenvalue weighted by molar-refractivity contribution is 5.82. The van der Waals surface area contributed by atoms with E-state index >= 15 is 0 Å². The van der Waals surface area contributed by atoms with Gasteiger partial charge in [-0.05, 0) is 37.5 Å². The standard InChI is InChI=1S/C14H16FN5/c1-11-6-14(19-4-2-3-5-19)13(15)7-12(11)8-18-20-9-16-17-10-20/h6-10H,2-5H2,1H3/b18-8-. The molecule has 0 unspecified atom stereocenters. The highest BCUT2D eigenvalue weighted by Gasteiger charge is 2.17. The third kappa shape index (κ3) is 2.54. The van der Waals surface area contributed by atoms with Gasteiger partial charge in [0.1, 0.15) is 18.5 Å². The first-order valence-electron chi connectivity index (χ1n) is 6.68. The maximum absolute atomic E-state index is 14.2. The molecule has 6 heteroatoms. The van der Waals surface area contributed by atoms with Crippen LogP contribution in [0.3, 0.4) is 0 Å². The summed E-state index contributed by atoms with van der Waals surface area (Å²) in [5.41, 5.74) is 2.46. The molecule has 1 fully saturated rings.